The van der Waals surface area contributed by atoms with Crippen LogP contribution in [0.15, 0.2) is 53.4 Å². The molecule has 0 aliphatic rings. The smallest absolute Gasteiger partial charge is 0.254 e. The van der Waals surface area contributed by atoms with Gasteiger partial charge in [-0.25, -0.2) is 8.42 Å². The molecule has 0 bridgehead atoms. The van der Waals surface area contributed by atoms with Gasteiger partial charge in [0.1, 0.15) is 0 Å². The summed E-state index contributed by atoms with van der Waals surface area (Å²) >= 11 is 0. The van der Waals surface area contributed by atoms with Crippen molar-refractivity contribution in [1.29, 1.82) is 0 Å². The number of hydrogen-bond acceptors (Lipinski definition) is 3. The number of carbonyl (C=O) groups excluding carboxylic acids is 1. The molecule has 0 unspecified atom stereocenters. The number of aryl methyl sites for hydroxylation is 1. The molecule has 0 fully saturated rings. The van der Waals surface area contributed by atoms with Gasteiger partial charge in [-0.2, -0.15) is 4.31 Å². The van der Waals surface area contributed by atoms with Crippen LogP contribution in [0.2, 0.25) is 0 Å². The molecule has 0 saturated heterocycles. The Balaban J connectivity index is 2.39. The van der Waals surface area contributed by atoms with Gasteiger partial charge in [0.25, 0.3) is 5.91 Å². The monoisotopic (exact) mass is 402 g/mol. The van der Waals surface area contributed by atoms with E-state index in [1.54, 1.807) is 24.0 Å². The van der Waals surface area contributed by atoms with Gasteiger partial charge >= 0.3 is 0 Å². The van der Waals surface area contributed by atoms with Gasteiger partial charge < -0.3 is 4.90 Å². The van der Waals surface area contributed by atoms with Crippen molar-refractivity contribution in [2.45, 2.75) is 45.6 Å². The molecule has 2 aromatic carbocycles. The number of hydrogen-bond donors (Lipinski definition) is 0. The number of benzene rings is 2. The van der Waals surface area contributed by atoms with Crippen LogP contribution in [0.4, 0.5) is 0 Å². The summed E-state index contributed by atoms with van der Waals surface area (Å²) in [5.74, 6) is -0.151. The lowest BCUT2D eigenvalue weighted by molar-refractivity contribution is 0.0743. The lowest BCUT2D eigenvalue weighted by Crippen LogP contribution is -2.33. The Morgan fingerprint density at radius 1 is 0.964 bits per heavy atom. The first-order chi connectivity index (χ1) is 13.3. The Hall–Kier alpha value is -2.18. The molecule has 0 saturated carbocycles. The van der Waals surface area contributed by atoms with Gasteiger partial charge in [0.05, 0.1) is 4.90 Å². The Morgan fingerprint density at radius 3 is 2.18 bits per heavy atom. The van der Waals surface area contributed by atoms with Gasteiger partial charge in [-0.05, 0) is 36.6 Å². The third kappa shape index (κ3) is 5.00. The van der Waals surface area contributed by atoms with E-state index in [9.17, 15) is 13.2 Å². The fourth-order valence-corrected chi connectivity index (χ4v) is 4.93. The molecule has 0 N–H and O–H groups in total. The Labute approximate surface area is 169 Å². The van der Waals surface area contributed by atoms with E-state index < -0.39 is 10.0 Å². The highest BCUT2D eigenvalue weighted by Crippen LogP contribution is 2.22. The molecule has 6 heteroatoms. The van der Waals surface area contributed by atoms with Crippen LogP contribution in [0, 0.1) is 6.92 Å². The number of sulfonamides is 1. The minimum absolute atomic E-state index is 0.151. The predicted molar refractivity (Wildman–Crippen MR) is 113 cm³/mol. The summed E-state index contributed by atoms with van der Waals surface area (Å²) in [7, 11) is -3.62. The summed E-state index contributed by atoms with van der Waals surface area (Å²) in [5, 5.41) is 0. The summed E-state index contributed by atoms with van der Waals surface area (Å²) in [4.78, 5) is 15.1. The van der Waals surface area contributed by atoms with Crippen LogP contribution < -0.4 is 0 Å². The van der Waals surface area contributed by atoms with E-state index in [0.717, 1.165) is 12.0 Å². The van der Waals surface area contributed by atoms with Crippen LogP contribution in [0.1, 0.15) is 48.7 Å². The lowest BCUT2D eigenvalue weighted by atomic mass is 10.1. The van der Waals surface area contributed by atoms with Gasteiger partial charge in [-0.1, -0.05) is 57.2 Å². The number of carbonyl (C=O) groups is 1. The van der Waals surface area contributed by atoms with E-state index in [-0.39, 0.29) is 10.8 Å². The molecule has 0 aliphatic carbocycles. The van der Waals surface area contributed by atoms with E-state index >= 15 is 0 Å². The SMILES string of the molecule is CCCN(Cc1ccccc1)C(=O)c1ccc(C)c(S(=O)(=O)N(CC)CC)c1. The predicted octanol–water partition coefficient (Wildman–Crippen LogP) is 4.08. The van der Waals surface area contributed by atoms with Crippen molar-refractivity contribution < 1.29 is 13.2 Å². The highest BCUT2D eigenvalue weighted by molar-refractivity contribution is 7.89. The first-order valence-electron chi connectivity index (χ1n) is 9.79. The van der Waals surface area contributed by atoms with Gasteiger partial charge in [0.15, 0.2) is 0 Å². The van der Waals surface area contributed by atoms with Crippen LogP contribution in [0.5, 0.6) is 0 Å². The molecule has 28 heavy (non-hydrogen) atoms. The van der Waals surface area contributed by atoms with Gasteiger partial charge in [0, 0.05) is 31.7 Å². The minimum atomic E-state index is -3.62. The first kappa shape index (κ1) is 22.1. The maximum Gasteiger partial charge on any atom is 0.254 e. The van der Waals surface area contributed by atoms with Crippen molar-refractivity contribution in [3.63, 3.8) is 0 Å². The molecule has 2 aromatic rings. The van der Waals surface area contributed by atoms with Crippen LogP contribution in [0.25, 0.3) is 0 Å². The zero-order valence-electron chi connectivity index (χ0n) is 17.2. The molecule has 0 radical (unpaired) electrons. The second kappa shape index (κ2) is 9.85. The molecule has 0 aliphatic heterocycles. The Bertz CT molecular complexity index is 891. The van der Waals surface area contributed by atoms with Gasteiger partial charge in [-0.15, -0.1) is 0 Å². The van der Waals surface area contributed by atoms with E-state index in [1.807, 2.05) is 51.1 Å². The van der Waals surface area contributed by atoms with Crippen LogP contribution in [-0.2, 0) is 16.6 Å². The number of rotatable bonds is 9. The van der Waals surface area contributed by atoms with Crippen molar-refractivity contribution in [2.75, 3.05) is 19.6 Å². The summed E-state index contributed by atoms with van der Waals surface area (Å²) in [6, 6.07) is 14.8. The minimum Gasteiger partial charge on any atom is -0.334 e. The molecular weight excluding hydrogens is 372 g/mol. The average Bonchev–Trinajstić information content (AvgIpc) is 2.69. The highest BCUT2D eigenvalue weighted by atomic mass is 32.2. The van der Waals surface area contributed by atoms with Gasteiger partial charge in [-0.3, -0.25) is 4.79 Å². The second-order valence-corrected chi connectivity index (χ2v) is 8.69. The molecule has 2 rings (SSSR count). The average molecular weight is 403 g/mol. The van der Waals surface area contributed by atoms with Crippen LogP contribution in [0.3, 0.4) is 0 Å². The molecule has 5 nitrogen and oxygen atoms in total. The Kier molecular flexibility index (Phi) is 7.78. The van der Waals surface area contributed by atoms with Crippen LogP contribution >= 0.6 is 0 Å². The lowest BCUT2D eigenvalue weighted by Gasteiger charge is -2.24. The molecular formula is C22H30N2O3S. The van der Waals surface area contributed by atoms with Crippen molar-refractivity contribution in [3.8, 4) is 0 Å². The summed E-state index contributed by atoms with van der Waals surface area (Å²) in [5.41, 5.74) is 2.10. The third-order valence-corrected chi connectivity index (χ3v) is 6.95. The molecule has 152 valence electrons. The zero-order valence-corrected chi connectivity index (χ0v) is 18.0. The standard InChI is InChI=1S/C22H30N2O3S/c1-5-15-23(17-19-11-9-8-10-12-19)22(25)20-14-13-18(4)21(16-20)28(26,27)24(6-2)7-3/h8-14,16H,5-7,15,17H2,1-4H3. The van der Waals surface area contributed by atoms with Crippen molar-refractivity contribution in [2.24, 2.45) is 0 Å². The quantitative estimate of drug-likeness (QED) is 0.635. The summed E-state index contributed by atoms with van der Waals surface area (Å²) in [6.45, 7) is 9.32. The first-order valence-corrected chi connectivity index (χ1v) is 11.2. The van der Waals surface area contributed by atoms with Gasteiger partial charge in [0.2, 0.25) is 10.0 Å². The topological polar surface area (TPSA) is 57.7 Å². The fourth-order valence-electron chi connectivity index (χ4n) is 3.22. The molecule has 0 atom stereocenters. The molecule has 0 aromatic heterocycles. The summed E-state index contributed by atoms with van der Waals surface area (Å²) < 4.78 is 27.4. The second-order valence-electron chi connectivity index (χ2n) is 6.78. The van der Waals surface area contributed by atoms with Crippen molar-refractivity contribution in [3.05, 3.63) is 65.2 Å². The summed E-state index contributed by atoms with van der Waals surface area (Å²) in [6.07, 6.45) is 0.828. The van der Waals surface area contributed by atoms with E-state index in [4.69, 9.17) is 0 Å². The molecule has 1 amide bonds. The van der Waals surface area contributed by atoms with E-state index in [2.05, 4.69) is 0 Å². The normalized spacial score (nSPS) is 11.6. The molecule has 0 spiro atoms. The fraction of sp³-hybridized carbons (Fsp3) is 0.409. The van der Waals surface area contributed by atoms with E-state index in [1.165, 1.54) is 10.4 Å². The number of nitrogens with zero attached hydrogens (tertiary/aromatic N) is 2. The zero-order chi connectivity index (χ0) is 20.7. The largest absolute Gasteiger partial charge is 0.334 e. The van der Waals surface area contributed by atoms with Crippen molar-refractivity contribution in [1.82, 2.24) is 9.21 Å². The molecule has 0 heterocycles. The maximum atomic E-state index is 13.2. The maximum absolute atomic E-state index is 13.2. The van der Waals surface area contributed by atoms with E-state index in [0.29, 0.717) is 37.3 Å². The van der Waals surface area contributed by atoms with Crippen molar-refractivity contribution >= 4 is 15.9 Å². The Morgan fingerprint density at radius 2 is 1.61 bits per heavy atom. The number of amides is 1. The van der Waals surface area contributed by atoms with Crippen LogP contribution in [-0.4, -0.2) is 43.2 Å². The third-order valence-electron chi connectivity index (χ3n) is 4.76. The highest BCUT2D eigenvalue weighted by Gasteiger charge is 2.25.